The van der Waals surface area contributed by atoms with Gasteiger partial charge in [-0.3, -0.25) is 0 Å². The maximum Gasteiger partial charge on any atom is 0.125 e. The van der Waals surface area contributed by atoms with Crippen molar-refractivity contribution in [2.45, 2.75) is 36.9 Å². The highest BCUT2D eigenvalue weighted by atomic mass is 32.1. The van der Waals surface area contributed by atoms with Crippen LogP contribution in [-0.4, -0.2) is 69.8 Å². The van der Waals surface area contributed by atoms with Crippen LogP contribution in [0.15, 0.2) is 48.5 Å². The molecular weight excluding hydrogens is 420 g/mol. The molecule has 5 atom stereocenters. The predicted molar refractivity (Wildman–Crippen MR) is 116 cm³/mol. The highest BCUT2D eigenvalue weighted by Gasteiger charge is 2.44. The van der Waals surface area contributed by atoms with E-state index in [0.29, 0.717) is 17.7 Å². The van der Waals surface area contributed by atoms with E-state index in [0.717, 1.165) is 5.56 Å². The van der Waals surface area contributed by atoms with E-state index in [1.54, 1.807) is 17.4 Å². The van der Waals surface area contributed by atoms with Crippen molar-refractivity contribution in [3.05, 3.63) is 64.5 Å². The van der Waals surface area contributed by atoms with Crippen LogP contribution >= 0.6 is 11.3 Å². The fraction of sp³-hybridized carbons (Fsp3) is 0.391. The molecule has 3 aromatic rings. The first kappa shape index (κ1) is 22.2. The zero-order valence-corrected chi connectivity index (χ0v) is 17.6. The molecule has 0 radical (unpaired) electrons. The molecule has 8 heteroatoms. The Kier molecular flexibility index (Phi) is 6.88. The van der Waals surface area contributed by atoms with Gasteiger partial charge in [0.15, 0.2) is 0 Å². The maximum absolute atomic E-state index is 10.6. The van der Waals surface area contributed by atoms with Gasteiger partial charge in [0.25, 0.3) is 0 Å². The Morgan fingerprint density at radius 2 is 1.74 bits per heavy atom. The third kappa shape index (κ3) is 4.61. The molecule has 166 valence electrons. The lowest BCUT2D eigenvalue weighted by Crippen LogP contribution is -2.55. The predicted octanol–water partition coefficient (Wildman–Crippen LogP) is 1.38. The number of aliphatic hydroxyl groups excluding tert-OH is 5. The second-order valence-electron chi connectivity index (χ2n) is 7.62. The van der Waals surface area contributed by atoms with E-state index in [1.165, 1.54) is 15.0 Å². The van der Waals surface area contributed by atoms with E-state index < -0.39 is 37.1 Å². The largest absolute Gasteiger partial charge is 0.491 e. The number of rotatable bonds is 7. The molecule has 0 bridgehead atoms. The third-order valence-electron chi connectivity index (χ3n) is 5.48. The minimum atomic E-state index is -1.48. The monoisotopic (exact) mass is 446 g/mol. The van der Waals surface area contributed by atoms with Crippen LogP contribution in [0.2, 0.25) is 0 Å². The van der Waals surface area contributed by atoms with Crippen LogP contribution in [0.5, 0.6) is 5.75 Å². The highest BCUT2D eigenvalue weighted by molar-refractivity contribution is 7.19. The summed E-state index contributed by atoms with van der Waals surface area (Å²) >= 11 is 1.71. The van der Waals surface area contributed by atoms with Gasteiger partial charge in [-0.25, -0.2) is 0 Å². The summed E-state index contributed by atoms with van der Waals surface area (Å²) in [6.45, 7) is -0.631. The van der Waals surface area contributed by atoms with Crippen molar-refractivity contribution < 1.29 is 35.0 Å². The molecule has 0 unspecified atom stereocenters. The summed E-state index contributed by atoms with van der Waals surface area (Å²) < 4.78 is 12.6. The Morgan fingerprint density at radius 3 is 2.48 bits per heavy atom. The van der Waals surface area contributed by atoms with Gasteiger partial charge in [-0.2, -0.15) is 0 Å². The van der Waals surface area contributed by atoms with Crippen LogP contribution < -0.4 is 4.74 Å². The highest BCUT2D eigenvalue weighted by Crippen LogP contribution is 2.38. The van der Waals surface area contributed by atoms with Crippen molar-refractivity contribution in [1.29, 1.82) is 0 Å². The van der Waals surface area contributed by atoms with Crippen LogP contribution in [0.1, 0.15) is 22.1 Å². The molecule has 2 aromatic carbocycles. The van der Waals surface area contributed by atoms with Gasteiger partial charge in [0, 0.05) is 21.6 Å². The standard InChI is InChI=1S/C23H26O7S/c24-7-8-29-17-6-5-13(9-15-11-14-3-1-2-4-19(14)31-15)10-16(17)23-22(28)21(27)20(26)18(12-25)30-23/h1-6,10-11,18,20-28H,7-9,12H2/t18-,20-,21+,22-,23+/m1/s1. The lowest BCUT2D eigenvalue weighted by atomic mass is 9.90. The summed E-state index contributed by atoms with van der Waals surface area (Å²) in [6.07, 6.45) is -5.68. The Hall–Kier alpha value is -2.04. The fourth-order valence-electron chi connectivity index (χ4n) is 3.90. The summed E-state index contributed by atoms with van der Waals surface area (Å²) in [5, 5.41) is 50.7. The van der Waals surface area contributed by atoms with Gasteiger partial charge in [0.2, 0.25) is 0 Å². The van der Waals surface area contributed by atoms with Gasteiger partial charge in [-0.15, -0.1) is 11.3 Å². The molecule has 5 N–H and O–H groups in total. The van der Waals surface area contributed by atoms with Crippen molar-refractivity contribution in [2.24, 2.45) is 0 Å². The molecule has 0 saturated carbocycles. The smallest absolute Gasteiger partial charge is 0.125 e. The Balaban J connectivity index is 1.67. The summed E-state index contributed by atoms with van der Waals surface area (Å²) in [4.78, 5) is 1.17. The summed E-state index contributed by atoms with van der Waals surface area (Å²) in [5.74, 6) is 0.401. The SMILES string of the molecule is OCCOc1ccc(Cc2cc3ccccc3s2)cc1[C@@H]1O[C@H](CO)[C@@H](O)[C@H](O)[C@H]1O. The van der Waals surface area contributed by atoms with Gasteiger partial charge in [-0.1, -0.05) is 24.3 Å². The lowest BCUT2D eigenvalue weighted by Gasteiger charge is -2.40. The van der Waals surface area contributed by atoms with Gasteiger partial charge >= 0.3 is 0 Å². The fourth-order valence-corrected chi connectivity index (χ4v) is 5.00. The van der Waals surface area contributed by atoms with Gasteiger partial charge in [0.1, 0.15) is 42.9 Å². The quantitative estimate of drug-likeness (QED) is 0.372. The average molecular weight is 447 g/mol. The Morgan fingerprint density at radius 1 is 0.935 bits per heavy atom. The average Bonchev–Trinajstić information content (AvgIpc) is 3.19. The van der Waals surface area contributed by atoms with Crippen LogP contribution in [0.4, 0.5) is 0 Å². The second-order valence-corrected chi connectivity index (χ2v) is 8.79. The molecule has 0 amide bonds. The van der Waals surface area contributed by atoms with Crippen LogP contribution in [0.25, 0.3) is 10.1 Å². The van der Waals surface area contributed by atoms with Crippen molar-refractivity contribution in [3.63, 3.8) is 0 Å². The number of hydrogen-bond acceptors (Lipinski definition) is 8. The van der Waals surface area contributed by atoms with Crippen molar-refractivity contribution >= 4 is 21.4 Å². The summed E-state index contributed by atoms with van der Waals surface area (Å²) in [5.41, 5.74) is 1.44. The molecule has 0 spiro atoms. The van der Waals surface area contributed by atoms with E-state index in [2.05, 4.69) is 18.2 Å². The molecule has 31 heavy (non-hydrogen) atoms. The maximum atomic E-state index is 10.6. The summed E-state index contributed by atoms with van der Waals surface area (Å²) in [6, 6.07) is 15.8. The molecule has 1 saturated heterocycles. The van der Waals surface area contributed by atoms with E-state index in [4.69, 9.17) is 14.6 Å². The minimum Gasteiger partial charge on any atom is -0.491 e. The van der Waals surface area contributed by atoms with Gasteiger partial charge in [-0.05, 0) is 35.2 Å². The molecule has 1 aliphatic heterocycles. The van der Waals surface area contributed by atoms with E-state index in [1.807, 2.05) is 24.3 Å². The van der Waals surface area contributed by atoms with E-state index in [-0.39, 0.29) is 13.2 Å². The molecule has 1 fully saturated rings. The van der Waals surface area contributed by atoms with E-state index >= 15 is 0 Å². The molecule has 1 aromatic heterocycles. The minimum absolute atomic E-state index is 0.0556. The normalized spacial score (nSPS) is 26.3. The number of fused-ring (bicyclic) bond motifs is 1. The van der Waals surface area contributed by atoms with Crippen LogP contribution in [0, 0.1) is 0 Å². The molecule has 1 aliphatic rings. The van der Waals surface area contributed by atoms with Crippen molar-refractivity contribution in [2.75, 3.05) is 19.8 Å². The molecular formula is C23H26O7S. The van der Waals surface area contributed by atoms with Crippen molar-refractivity contribution in [1.82, 2.24) is 0 Å². The number of benzene rings is 2. The molecule has 7 nitrogen and oxygen atoms in total. The number of hydrogen-bond donors (Lipinski definition) is 5. The van der Waals surface area contributed by atoms with Crippen molar-refractivity contribution in [3.8, 4) is 5.75 Å². The van der Waals surface area contributed by atoms with E-state index in [9.17, 15) is 20.4 Å². The topological polar surface area (TPSA) is 120 Å². The zero-order chi connectivity index (χ0) is 22.0. The second kappa shape index (κ2) is 9.62. The first-order chi connectivity index (χ1) is 15.0. The first-order valence-corrected chi connectivity index (χ1v) is 11.0. The molecule has 2 heterocycles. The lowest BCUT2D eigenvalue weighted by molar-refractivity contribution is -0.232. The third-order valence-corrected chi connectivity index (χ3v) is 6.59. The first-order valence-electron chi connectivity index (χ1n) is 10.2. The van der Waals surface area contributed by atoms with Crippen LogP contribution in [-0.2, 0) is 11.2 Å². The molecule has 4 rings (SSSR count). The molecule has 0 aliphatic carbocycles. The number of thiophene rings is 1. The zero-order valence-electron chi connectivity index (χ0n) is 16.8. The van der Waals surface area contributed by atoms with Crippen LogP contribution in [0.3, 0.4) is 0 Å². The number of ether oxygens (including phenoxy) is 2. The van der Waals surface area contributed by atoms with Gasteiger partial charge in [0.05, 0.1) is 13.2 Å². The summed E-state index contributed by atoms with van der Waals surface area (Å²) in [7, 11) is 0. The number of aliphatic hydroxyl groups is 5. The van der Waals surface area contributed by atoms with Gasteiger partial charge < -0.3 is 35.0 Å². The Labute approximate surface area is 183 Å². The Bertz CT molecular complexity index is 985.